The number of anilines is 2. The molecule has 3 heteroatoms. The third-order valence-corrected chi connectivity index (χ3v) is 3.91. The van der Waals surface area contributed by atoms with Crippen molar-refractivity contribution in [2.24, 2.45) is 5.92 Å². The van der Waals surface area contributed by atoms with Crippen LogP contribution in [0, 0.1) is 5.92 Å². The lowest BCUT2D eigenvalue weighted by Gasteiger charge is -2.33. The van der Waals surface area contributed by atoms with Gasteiger partial charge in [-0.3, -0.25) is 0 Å². The van der Waals surface area contributed by atoms with Crippen molar-refractivity contribution >= 4 is 11.4 Å². The van der Waals surface area contributed by atoms with Crippen molar-refractivity contribution in [1.82, 2.24) is 5.32 Å². The van der Waals surface area contributed by atoms with E-state index in [4.69, 9.17) is 0 Å². The molecule has 0 saturated carbocycles. The van der Waals surface area contributed by atoms with E-state index in [0.29, 0.717) is 12.0 Å². The number of nitrogens with zero attached hydrogens (tertiary/aromatic N) is 2. The largest absolute Gasteiger partial charge is 0.378 e. The van der Waals surface area contributed by atoms with Crippen molar-refractivity contribution in [3.8, 4) is 0 Å². The van der Waals surface area contributed by atoms with Crippen LogP contribution in [0.4, 0.5) is 11.4 Å². The summed E-state index contributed by atoms with van der Waals surface area (Å²) >= 11 is 0. The van der Waals surface area contributed by atoms with Gasteiger partial charge < -0.3 is 15.1 Å². The summed E-state index contributed by atoms with van der Waals surface area (Å²) in [5, 5.41) is 3.60. The molecule has 1 saturated heterocycles. The minimum atomic E-state index is 0.617. The normalized spacial score (nSPS) is 24.7. The van der Waals surface area contributed by atoms with Gasteiger partial charge in [-0.05, 0) is 50.1 Å². The molecule has 0 radical (unpaired) electrons. The molecule has 3 nitrogen and oxygen atoms in total. The van der Waals surface area contributed by atoms with Crippen molar-refractivity contribution < 1.29 is 0 Å². The summed E-state index contributed by atoms with van der Waals surface area (Å²) < 4.78 is 0. The zero-order valence-electron chi connectivity index (χ0n) is 12.7. The SMILES string of the molecule is CC1CNC(C)CCN(c2ccc(N(C)C)cc2)C1. The number of benzene rings is 1. The van der Waals surface area contributed by atoms with Gasteiger partial charge in [-0.25, -0.2) is 0 Å². The fourth-order valence-corrected chi connectivity index (χ4v) is 2.58. The zero-order valence-corrected chi connectivity index (χ0v) is 12.7. The van der Waals surface area contributed by atoms with Crippen LogP contribution in [0.25, 0.3) is 0 Å². The summed E-state index contributed by atoms with van der Waals surface area (Å²) in [6.45, 7) is 8.01. The van der Waals surface area contributed by atoms with E-state index in [1.807, 2.05) is 0 Å². The first-order valence-electron chi connectivity index (χ1n) is 7.32. The van der Waals surface area contributed by atoms with Crippen LogP contribution < -0.4 is 15.1 Å². The monoisotopic (exact) mass is 261 g/mol. The Morgan fingerprint density at radius 2 is 1.84 bits per heavy atom. The lowest BCUT2D eigenvalue weighted by atomic mass is 10.1. The van der Waals surface area contributed by atoms with Gasteiger partial charge in [0, 0.05) is 44.6 Å². The van der Waals surface area contributed by atoms with E-state index in [2.05, 4.69) is 67.3 Å². The van der Waals surface area contributed by atoms with Gasteiger partial charge in [0.2, 0.25) is 0 Å². The molecule has 0 aromatic heterocycles. The summed E-state index contributed by atoms with van der Waals surface area (Å²) in [5.74, 6) is 0.691. The standard InChI is InChI=1S/C16H27N3/c1-13-11-17-14(2)9-10-19(12-13)16-7-5-15(6-8-16)18(3)4/h5-8,13-14,17H,9-12H2,1-4H3. The Kier molecular flexibility index (Phi) is 4.70. The maximum atomic E-state index is 3.60. The van der Waals surface area contributed by atoms with E-state index in [1.54, 1.807) is 0 Å². The molecule has 1 aliphatic heterocycles. The highest BCUT2D eigenvalue weighted by Gasteiger charge is 2.16. The highest BCUT2D eigenvalue weighted by Crippen LogP contribution is 2.21. The van der Waals surface area contributed by atoms with Crippen LogP contribution in [-0.2, 0) is 0 Å². The Morgan fingerprint density at radius 3 is 2.47 bits per heavy atom. The minimum Gasteiger partial charge on any atom is -0.378 e. The first-order chi connectivity index (χ1) is 9.06. The van der Waals surface area contributed by atoms with Crippen molar-refractivity contribution in [2.45, 2.75) is 26.3 Å². The molecule has 2 unspecified atom stereocenters. The quantitative estimate of drug-likeness (QED) is 0.883. The fourth-order valence-electron chi connectivity index (χ4n) is 2.58. The van der Waals surface area contributed by atoms with Gasteiger partial charge in [-0.1, -0.05) is 6.92 Å². The Morgan fingerprint density at radius 1 is 1.16 bits per heavy atom. The second-order valence-corrected chi connectivity index (χ2v) is 6.06. The molecule has 0 amide bonds. The van der Waals surface area contributed by atoms with Crippen LogP contribution in [-0.4, -0.2) is 39.8 Å². The van der Waals surface area contributed by atoms with Gasteiger partial charge >= 0.3 is 0 Å². The molecule has 1 aliphatic rings. The topological polar surface area (TPSA) is 18.5 Å². The van der Waals surface area contributed by atoms with Crippen LogP contribution in [0.15, 0.2) is 24.3 Å². The van der Waals surface area contributed by atoms with E-state index in [1.165, 1.54) is 17.8 Å². The van der Waals surface area contributed by atoms with E-state index < -0.39 is 0 Å². The fraction of sp³-hybridized carbons (Fsp3) is 0.625. The molecular weight excluding hydrogens is 234 g/mol. The second kappa shape index (κ2) is 6.29. The molecule has 1 fully saturated rings. The third-order valence-electron chi connectivity index (χ3n) is 3.91. The van der Waals surface area contributed by atoms with Crippen molar-refractivity contribution in [3.05, 3.63) is 24.3 Å². The average Bonchev–Trinajstić information content (AvgIpc) is 2.39. The molecular formula is C16H27N3. The van der Waals surface area contributed by atoms with Crippen molar-refractivity contribution in [2.75, 3.05) is 43.5 Å². The molecule has 2 rings (SSSR count). The first-order valence-corrected chi connectivity index (χ1v) is 7.32. The average molecular weight is 261 g/mol. The number of hydrogen-bond donors (Lipinski definition) is 1. The predicted octanol–water partition coefficient (Wildman–Crippen LogP) is 2.58. The second-order valence-electron chi connectivity index (χ2n) is 6.06. The van der Waals surface area contributed by atoms with Crippen LogP contribution in [0.2, 0.25) is 0 Å². The maximum Gasteiger partial charge on any atom is 0.0367 e. The molecule has 19 heavy (non-hydrogen) atoms. The van der Waals surface area contributed by atoms with E-state index >= 15 is 0 Å². The smallest absolute Gasteiger partial charge is 0.0367 e. The molecule has 0 aliphatic carbocycles. The molecule has 1 aromatic carbocycles. The summed E-state index contributed by atoms with van der Waals surface area (Å²) in [5.41, 5.74) is 2.62. The molecule has 0 bridgehead atoms. The van der Waals surface area contributed by atoms with Gasteiger partial charge in [0.05, 0.1) is 0 Å². The summed E-state index contributed by atoms with van der Waals surface area (Å²) in [6, 6.07) is 9.54. The summed E-state index contributed by atoms with van der Waals surface area (Å²) in [7, 11) is 4.17. The number of hydrogen-bond acceptors (Lipinski definition) is 3. The lowest BCUT2D eigenvalue weighted by molar-refractivity contribution is 0.411. The Labute approximate surface area is 117 Å². The van der Waals surface area contributed by atoms with Crippen molar-refractivity contribution in [1.29, 1.82) is 0 Å². The molecule has 1 heterocycles. The maximum absolute atomic E-state index is 3.60. The number of rotatable bonds is 2. The zero-order chi connectivity index (χ0) is 13.8. The highest BCUT2D eigenvalue weighted by atomic mass is 15.1. The molecule has 2 atom stereocenters. The van der Waals surface area contributed by atoms with Gasteiger partial charge in [0.15, 0.2) is 0 Å². The van der Waals surface area contributed by atoms with E-state index in [-0.39, 0.29) is 0 Å². The van der Waals surface area contributed by atoms with Crippen LogP contribution >= 0.6 is 0 Å². The molecule has 0 spiro atoms. The van der Waals surface area contributed by atoms with E-state index in [0.717, 1.165) is 19.6 Å². The molecule has 106 valence electrons. The van der Waals surface area contributed by atoms with Crippen LogP contribution in [0.1, 0.15) is 20.3 Å². The Balaban J connectivity index is 2.09. The van der Waals surface area contributed by atoms with Crippen LogP contribution in [0.5, 0.6) is 0 Å². The molecule has 1 N–H and O–H groups in total. The van der Waals surface area contributed by atoms with E-state index in [9.17, 15) is 0 Å². The van der Waals surface area contributed by atoms with Gasteiger partial charge in [-0.2, -0.15) is 0 Å². The predicted molar refractivity (Wildman–Crippen MR) is 84.2 cm³/mol. The Hall–Kier alpha value is -1.22. The molecule has 1 aromatic rings. The third kappa shape index (κ3) is 3.87. The first kappa shape index (κ1) is 14.2. The van der Waals surface area contributed by atoms with Gasteiger partial charge in [0.1, 0.15) is 0 Å². The van der Waals surface area contributed by atoms with Gasteiger partial charge in [0.25, 0.3) is 0 Å². The minimum absolute atomic E-state index is 0.617. The number of nitrogens with one attached hydrogen (secondary N) is 1. The summed E-state index contributed by atoms with van der Waals surface area (Å²) in [6.07, 6.45) is 1.21. The highest BCUT2D eigenvalue weighted by molar-refractivity contribution is 5.55. The van der Waals surface area contributed by atoms with Gasteiger partial charge in [-0.15, -0.1) is 0 Å². The van der Waals surface area contributed by atoms with Crippen molar-refractivity contribution in [3.63, 3.8) is 0 Å². The van der Waals surface area contributed by atoms with Crippen LogP contribution in [0.3, 0.4) is 0 Å². The summed E-state index contributed by atoms with van der Waals surface area (Å²) in [4.78, 5) is 4.67. The Bertz CT molecular complexity index is 385. The lowest BCUT2D eigenvalue weighted by Crippen LogP contribution is -2.42.